The summed E-state index contributed by atoms with van der Waals surface area (Å²) in [5.74, 6) is -2.37. The molecule has 33 heavy (non-hydrogen) atoms. The van der Waals surface area contributed by atoms with Gasteiger partial charge in [-0.25, -0.2) is 27.7 Å². The Bertz CT molecular complexity index is 1080. The number of hydrogen-bond acceptors (Lipinski definition) is 6. The summed E-state index contributed by atoms with van der Waals surface area (Å²) in [5.41, 5.74) is 5.79. The first-order valence-electron chi connectivity index (χ1n) is 11.6. The number of nitrogens with two attached hydrogens (primary N) is 1. The summed E-state index contributed by atoms with van der Waals surface area (Å²) in [5, 5.41) is 4.40. The molecule has 178 valence electrons. The van der Waals surface area contributed by atoms with Gasteiger partial charge in [-0.2, -0.15) is 5.10 Å². The number of aromatic nitrogens is 4. The van der Waals surface area contributed by atoms with Gasteiger partial charge in [-0.05, 0) is 38.0 Å². The largest absolute Gasteiger partial charge is 0.377 e. The maximum Gasteiger partial charge on any atom is 0.251 e. The number of alkyl halides is 3. The first kappa shape index (κ1) is 21.3. The van der Waals surface area contributed by atoms with Crippen molar-refractivity contribution in [2.75, 3.05) is 19.8 Å². The highest BCUT2D eigenvalue weighted by atomic mass is 19.3. The number of morpholine rings is 1. The zero-order valence-corrected chi connectivity index (χ0v) is 18.2. The van der Waals surface area contributed by atoms with Crippen LogP contribution in [0.25, 0.3) is 5.78 Å². The molecule has 2 bridgehead atoms. The van der Waals surface area contributed by atoms with Crippen molar-refractivity contribution in [2.24, 2.45) is 17.1 Å². The zero-order valence-electron chi connectivity index (χ0n) is 18.2. The average molecular weight is 464 g/mol. The minimum Gasteiger partial charge on any atom is -0.377 e. The summed E-state index contributed by atoms with van der Waals surface area (Å²) < 4.78 is 48.1. The van der Waals surface area contributed by atoms with Crippen molar-refractivity contribution in [1.29, 1.82) is 0 Å². The van der Waals surface area contributed by atoms with Crippen LogP contribution in [0.15, 0.2) is 12.4 Å². The molecule has 1 saturated heterocycles. The molecule has 0 spiro atoms. The van der Waals surface area contributed by atoms with Crippen LogP contribution in [-0.4, -0.2) is 61.7 Å². The third-order valence-electron chi connectivity index (χ3n) is 7.99. The van der Waals surface area contributed by atoms with Gasteiger partial charge in [0, 0.05) is 19.4 Å². The van der Waals surface area contributed by atoms with E-state index in [1.165, 1.54) is 4.52 Å². The molecule has 2 N–H and O–H groups in total. The monoisotopic (exact) mass is 464 g/mol. The molecule has 4 saturated carbocycles. The lowest BCUT2D eigenvalue weighted by Gasteiger charge is -2.65. The molecule has 3 heterocycles. The molecular formula is C22H27F3N6O2. The highest BCUT2D eigenvalue weighted by Gasteiger charge is 2.73. The number of halogens is 3. The fourth-order valence-electron chi connectivity index (χ4n) is 6.08. The molecule has 2 aromatic heterocycles. The van der Waals surface area contributed by atoms with Gasteiger partial charge in [-0.3, -0.25) is 4.79 Å². The Morgan fingerprint density at radius 2 is 1.91 bits per heavy atom. The summed E-state index contributed by atoms with van der Waals surface area (Å²) in [4.78, 5) is 24.1. The number of rotatable bonds is 4. The predicted molar refractivity (Wildman–Crippen MR) is 110 cm³/mol. The Morgan fingerprint density at radius 3 is 2.61 bits per heavy atom. The Kier molecular flexibility index (Phi) is 4.59. The van der Waals surface area contributed by atoms with Gasteiger partial charge in [0.25, 0.3) is 5.78 Å². The fourth-order valence-corrected chi connectivity index (χ4v) is 6.08. The van der Waals surface area contributed by atoms with E-state index in [2.05, 4.69) is 15.1 Å². The van der Waals surface area contributed by atoms with Crippen molar-refractivity contribution in [1.82, 2.24) is 24.5 Å². The number of ether oxygens (including phenoxy) is 1. The molecule has 0 aromatic carbocycles. The lowest BCUT2D eigenvalue weighted by molar-refractivity contribution is -0.226. The van der Waals surface area contributed by atoms with E-state index in [4.69, 9.17) is 10.5 Å². The van der Waals surface area contributed by atoms with Gasteiger partial charge in [0.1, 0.15) is 5.67 Å². The maximum absolute atomic E-state index is 14.0. The van der Waals surface area contributed by atoms with Crippen molar-refractivity contribution < 1.29 is 22.7 Å². The Labute approximate surface area is 188 Å². The summed E-state index contributed by atoms with van der Waals surface area (Å²) in [7, 11) is 0. The number of nitrogens with zero attached hydrogens (tertiary/aromatic N) is 5. The molecular weight excluding hydrogens is 437 g/mol. The lowest BCUT2D eigenvalue weighted by Crippen LogP contribution is -2.71. The van der Waals surface area contributed by atoms with Crippen LogP contribution >= 0.6 is 0 Å². The van der Waals surface area contributed by atoms with E-state index < -0.39 is 29.1 Å². The number of carbonyl (C=O) groups excluding carboxylic acids is 1. The first-order chi connectivity index (χ1) is 15.7. The number of amides is 1. The standard InChI is InChI=1S/C22H27F3N6O2/c23-21-10-20(11-21,12-21)18(32)30-5-6-33-9-16(30)14-7-27-31-8-15(29-19(31)28-14)17(26)13-1-3-22(24,25)4-2-13/h7-8,13,16-17H,1-6,9-12,26H2/t16?,17-,20?,21?/m0/s1. The zero-order chi connectivity index (χ0) is 23.0. The van der Waals surface area contributed by atoms with Crippen LogP contribution in [0.5, 0.6) is 0 Å². The minimum absolute atomic E-state index is 0.0304. The predicted octanol–water partition coefficient (Wildman–Crippen LogP) is 2.74. The first-order valence-corrected chi connectivity index (χ1v) is 11.6. The van der Waals surface area contributed by atoms with Crippen LogP contribution in [-0.2, 0) is 9.53 Å². The van der Waals surface area contributed by atoms with Gasteiger partial charge < -0.3 is 15.4 Å². The van der Waals surface area contributed by atoms with Crippen molar-refractivity contribution in [3.05, 3.63) is 23.8 Å². The Hall–Kier alpha value is -2.27. The van der Waals surface area contributed by atoms with Crippen LogP contribution in [0.1, 0.15) is 68.4 Å². The average Bonchev–Trinajstić information content (AvgIpc) is 3.19. The quantitative estimate of drug-likeness (QED) is 0.747. The molecule has 8 nitrogen and oxygen atoms in total. The molecule has 1 unspecified atom stereocenters. The van der Waals surface area contributed by atoms with Crippen LogP contribution in [0.4, 0.5) is 13.2 Å². The second-order valence-electron chi connectivity index (χ2n) is 10.4. The van der Waals surface area contributed by atoms with E-state index in [-0.39, 0.29) is 31.3 Å². The smallest absolute Gasteiger partial charge is 0.251 e. The molecule has 4 aliphatic carbocycles. The SMILES string of the molecule is N[C@H](c1cn2ncc(C3COCCN3C(=O)C34CC(F)(C3)C4)nc2n1)C1CCC(F)(F)CC1. The topological polar surface area (TPSA) is 98.6 Å². The molecule has 1 aliphatic heterocycles. The highest BCUT2D eigenvalue weighted by molar-refractivity contribution is 5.87. The normalized spacial score (nSPS) is 34.5. The highest BCUT2D eigenvalue weighted by Crippen LogP contribution is 2.70. The summed E-state index contributed by atoms with van der Waals surface area (Å²) in [6, 6.07) is -0.885. The Balaban J connectivity index is 1.22. The van der Waals surface area contributed by atoms with E-state index in [9.17, 15) is 18.0 Å². The third kappa shape index (κ3) is 3.42. The molecule has 1 amide bonds. The Morgan fingerprint density at radius 1 is 1.18 bits per heavy atom. The molecule has 5 aliphatic rings. The number of hydrogen-bond donors (Lipinski definition) is 1. The van der Waals surface area contributed by atoms with E-state index in [1.54, 1.807) is 17.3 Å². The summed E-state index contributed by atoms with van der Waals surface area (Å²) >= 11 is 0. The maximum atomic E-state index is 14.0. The molecule has 0 radical (unpaired) electrons. The molecule has 7 rings (SSSR count). The summed E-state index contributed by atoms with van der Waals surface area (Å²) in [6.45, 7) is 1.14. The van der Waals surface area contributed by atoms with Gasteiger partial charge in [0.2, 0.25) is 11.8 Å². The van der Waals surface area contributed by atoms with Gasteiger partial charge in [-0.1, -0.05) is 0 Å². The van der Waals surface area contributed by atoms with Crippen LogP contribution in [0, 0.1) is 11.3 Å². The van der Waals surface area contributed by atoms with E-state index in [0.717, 1.165) is 0 Å². The van der Waals surface area contributed by atoms with Crippen molar-refractivity contribution in [2.45, 2.75) is 68.6 Å². The fraction of sp³-hybridized carbons (Fsp3) is 0.727. The molecule has 2 atom stereocenters. The lowest BCUT2D eigenvalue weighted by atomic mass is 9.42. The number of fused-ring (bicyclic) bond motifs is 1. The van der Waals surface area contributed by atoms with Gasteiger partial charge in [0.05, 0.1) is 54.5 Å². The molecule has 11 heteroatoms. The van der Waals surface area contributed by atoms with Gasteiger partial charge in [-0.15, -0.1) is 0 Å². The molecule has 5 fully saturated rings. The number of carbonyl (C=O) groups is 1. The van der Waals surface area contributed by atoms with Crippen LogP contribution < -0.4 is 5.73 Å². The van der Waals surface area contributed by atoms with Crippen molar-refractivity contribution in [3.8, 4) is 0 Å². The van der Waals surface area contributed by atoms with Crippen LogP contribution in [0.2, 0.25) is 0 Å². The van der Waals surface area contributed by atoms with E-state index in [1.807, 2.05) is 0 Å². The number of imidazole rings is 1. The van der Waals surface area contributed by atoms with Crippen molar-refractivity contribution >= 4 is 11.7 Å². The van der Waals surface area contributed by atoms with E-state index in [0.29, 0.717) is 62.4 Å². The molecule has 2 aromatic rings. The third-order valence-corrected chi connectivity index (χ3v) is 7.99. The summed E-state index contributed by atoms with van der Waals surface area (Å²) in [6.07, 6.45) is 4.59. The van der Waals surface area contributed by atoms with Crippen molar-refractivity contribution in [3.63, 3.8) is 0 Å². The van der Waals surface area contributed by atoms with E-state index >= 15 is 0 Å². The minimum atomic E-state index is -2.61. The van der Waals surface area contributed by atoms with Gasteiger partial charge in [0.15, 0.2) is 0 Å². The second-order valence-corrected chi connectivity index (χ2v) is 10.4. The second kappa shape index (κ2) is 7.11. The van der Waals surface area contributed by atoms with Gasteiger partial charge >= 0.3 is 0 Å². The van der Waals surface area contributed by atoms with Crippen LogP contribution in [0.3, 0.4) is 0 Å².